The Morgan fingerprint density at radius 3 is 2.51 bits per heavy atom. The number of carbonyl (C=O) groups is 3. The number of ketones is 2. The van der Waals surface area contributed by atoms with Crippen LogP contribution in [0.15, 0.2) is 53.5 Å². The molecule has 2 aromatic rings. The number of amides is 1. The summed E-state index contributed by atoms with van der Waals surface area (Å²) in [7, 11) is 3.06. The highest BCUT2D eigenvalue weighted by molar-refractivity contribution is 6.22. The maximum atomic E-state index is 13.7. The van der Waals surface area contributed by atoms with Crippen LogP contribution >= 0.6 is 0 Å². The molecule has 1 amide bonds. The molecule has 5 rings (SSSR count). The summed E-state index contributed by atoms with van der Waals surface area (Å²) in [5.74, 6) is -6.01. The van der Waals surface area contributed by atoms with E-state index in [0.717, 1.165) is 11.1 Å². The summed E-state index contributed by atoms with van der Waals surface area (Å²) in [6.45, 7) is 0. The molecule has 0 spiro atoms. The van der Waals surface area contributed by atoms with Gasteiger partial charge in [-0.05, 0) is 59.7 Å². The van der Waals surface area contributed by atoms with E-state index in [1.54, 1.807) is 25.3 Å². The number of primary amides is 1. The number of fused-ring (bicyclic) bond motifs is 3. The molecule has 0 aromatic heterocycles. The zero-order chi connectivity index (χ0) is 28.2. The highest BCUT2D eigenvalue weighted by Crippen LogP contribution is 2.53. The quantitative estimate of drug-likeness (QED) is 0.286. The molecule has 39 heavy (non-hydrogen) atoms. The second-order valence-electron chi connectivity index (χ2n) is 9.89. The number of ether oxygens (including phenoxy) is 2. The Balaban J connectivity index is 1.68. The highest BCUT2D eigenvalue weighted by atomic mass is 16.5. The summed E-state index contributed by atoms with van der Waals surface area (Å²) in [5, 5.41) is 44.1. The lowest BCUT2D eigenvalue weighted by molar-refractivity contribution is -0.147. The number of aromatic hydroxyl groups is 1. The van der Waals surface area contributed by atoms with Gasteiger partial charge in [-0.3, -0.25) is 14.4 Å². The lowest BCUT2D eigenvalue weighted by Crippen LogP contribution is -2.58. The lowest BCUT2D eigenvalue weighted by Gasteiger charge is -2.46. The first-order valence-corrected chi connectivity index (χ1v) is 12.2. The molecule has 1 saturated carbocycles. The minimum absolute atomic E-state index is 0.0319. The van der Waals surface area contributed by atoms with Gasteiger partial charge < -0.3 is 35.6 Å². The zero-order valence-electron chi connectivity index (χ0n) is 21.2. The summed E-state index contributed by atoms with van der Waals surface area (Å²) >= 11 is 0. The molecule has 0 saturated heterocycles. The van der Waals surface area contributed by atoms with Crippen LogP contribution in [-0.2, 0) is 25.5 Å². The van der Waals surface area contributed by atoms with Gasteiger partial charge >= 0.3 is 0 Å². The SMILES string of the molecule is CO/C=C/c1cc(-c2ccc(O)c3c2CC2CC4CC(=O)C(C(N)=O)=C(O)C4(O)C(=O)C2=C3O)ccc1OC. The van der Waals surface area contributed by atoms with Crippen molar-refractivity contribution < 1.29 is 44.3 Å². The molecule has 202 valence electrons. The van der Waals surface area contributed by atoms with E-state index < -0.39 is 52.0 Å². The van der Waals surface area contributed by atoms with Gasteiger partial charge in [0, 0.05) is 23.5 Å². The van der Waals surface area contributed by atoms with Crippen molar-refractivity contribution in [1.82, 2.24) is 0 Å². The van der Waals surface area contributed by atoms with Gasteiger partial charge in [0.25, 0.3) is 5.91 Å². The molecule has 3 atom stereocenters. The number of carbonyl (C=O) groups excluding carboxylic acids is 3. The Morgan fingerprint density at radius 1 is 1.10 bits per heavy atom. The summed E-state index contributed by atoms with van der Waals surface area (Å²) in [4.78, 5) is 38.0. The van der Waals surface area contributed by atoms with Crippen LogP contribution < -0.4 is 10.5 Å². The zero-order valence-corrected chi connectivity index (χ0v) is 21.2. The monoisotopic (exact) mass is 533 g/mol. The number of phenolic OH excluding ortho intramolecular Hbond substituents is 1. The molecule has 0 heterocycles. The van der Waals surface area contributed by atoms with Crippen molar-refractivity contribution in [2.24, 2.45) is 17.6 Å². The predicted molar refractivity (Wildman–Crippen MR) is 139 cm³/mol. The van der Waals surface area contributed by atoms with Gasteiger partial charge in [-0.25, -0.2) is 0 Å². The van der Waals surface area contributed by atoms with E-state index in [2.05, 4.69) is 0 Å². The van der Waals surface area contributed by atoms with E-state index in [-0.39, 0.29) is 36.1 Å². The first kappa shape index (κ1) is 26.1. The number of hydrogen-bond donors (Lipinski definition) is 5. The van der Waals surface area contributed by atoms with Crippen molar-refractivity contribution >= 4 is 29.3 Å². The molecular weight excluding hydrogens is 506 g/mol. The third kappa shape index (κ3) is 3.78. The van der Waals surface area contributed by atoms with Gasteiger partial charge in [-0.1, -0.05) is 12.1 Å². The molecule has 1 fully saturated rings. The number of aliphatic hydroxyl groups excluding tert-OH is 2. The fourth-order valence-electron chi connectivity index (χ4n) is 6.07. The van der Waals surface area contributed by atoms with Crippen molar-refractivity contribution in [3.63, 3.8) is 0 Å². The molecule has 0 bridgehead atoms. The number of hydrogen-bond acceptors (Lipinski definition) is 9. The largest absolute Gasteiger partial charge is 0.508 e. The first-order valence-electron chi connectivity index (χ1n) is 12.2. The second kappa shape index (κ2) is 9.32. The molecule has 0 radical (unpaired) electrons. The van der Waals surface area contributed by atoms with Crippen molar-refractivity contribution in [2.45, 2.75) is 24.9 Å². The van der Waals surface area contributed by atoms with Gasteiger partial charge in [0.15, 0.2) is 11.4 Å². The Hall–Kier alpha value is -4.57. The number of phenols is 1. The Morgan fingerprint density at radius 2 is 1.85 bits per heavy atom. The van der Waals surface area contributed by atoms with E-state index >= 15 is 0 Å². The van der Waals surface area contributed by atoms with E-state index in [1.165, 1.54) is 19.4 Å². The van der Waals surface area contributed by atoms with Gasteiger partial charge in [-0.2, -0.15) is 0 Å². The molecule has 3 unspecified atom stereocenters. The number of rotatable bonds is 5. The Labute approximate surface area is 223 Å². The molecule has 6 N–H and O–H groups in total. The van der Waals surface area contributed by atoms with Crippen LogP contribution in [0.2, 0.25) is 0 Å². The molecular formula is C29H27NO9. The maximum absolute atomic E-state index is 13.7. The number of methoxy groups -OCH3 is 2. The van der Waals surface area contributed by atoms with Crippen LogP contribution in [0.3, 0.4) is 0 Å². The van der Waals surface area contributed by atoms with Crippen molar-refractivity contribution in [1.29, 1.82) is 0 Å². The van der Waals surface area contributed by atoms with Gasteiger partial charge in [-0.15, -0.1) is 0 Å². The average molecular weight is 534 g/mol. The number of benzene rings is 2. The Kier molecular flexibility index (Phi) is 6.22. The van der Waals surface area contributed by atoms with E-state index in [0.29, 0.717) is 16.9 Å². The molecule has 10 heteroatoms. The molecule has 10 nitrogen and oxygen atoms in total. The summed E-state index contributed by atoms with van der Waals surface area (Å²) in [6, 6.07) is 8.56. The molecule has 3 aliphatic carbocycles. The normalized spacial score (nSPS) is 24.4. The predicted octanol–water partition coefficient (Wildman–Crippen LogP) is 2.72. The molecule has 0 aliphatic heterocycles. The summed E-state index contributed by atoms with van der Waals surface area (Å²) in [6.07, 6.45) is 3.12. The third-order valence-corrected chi connectivity index (χ3v) is 7.87. The van der Waals surface area contributed by atoms with E-state index in [9.17, 15) is 34.8 Å². The number of nitrogens with two attached hydrogens (primary N) is 1. The first-order chi connectivity index (χ1) is 18.5. The van der Waals surface area contributed by atoms with Crippen LogP contribution in [-0.4, -0.2) is 57.7 Å². The fraction of sp³-hybridized carbons (Fsp3) is 0.276. The summed E-state index contributed by atoms with van der Waals surface area (Å²) < 4.78 is 10.5. The standard InChI is InChI=1S/C29H27NO9/c1-38-8-7-14-9-13(3-6-21(14)39-2)17-4-5-19(31)23-18(17)11-15-10-16-12-20(32)24(28(30)36)27(35)29(16,37)26(34)22(15)25(23)33/h3-9,15-16,31,33,35,37H,10-12H2,1-2H3,(H2,30,36)/b8-7+. The average Bonchev–Trinajstić information content (AvgIpc) is 2.89. The second-order valence-corrected chi connectivity index (χ2v) is 9.89. The molecule has 2 aromatic carbocycles. The van der Waals surface area contributed by atoms with E-state index in [1.807, 2.05) is 12.1 Å². The highest BCUT2D eigenvalue weighted by Gasteiger charge is 2.60. The van der Waals surface area contributed by atoms with Crippen LogP contribution in [0.1, 0.15) is 29.5 Å². The van der Waals surface area contributed by atoms with Crippen molar-refractivity contribution in [3.8, 4) is 22.6 Å². The Bertz CT molecular complexity index is 1530. The third-order valence-electron chi connectivity index (χ3n) is 7.87. The van der Waals surface area contributed by atoms with E-state index in [4.69, 9.17) is 15.2 Å². The maximum Gasteiger partial charge on any atom is 0.255 e. The minimum atomic E-state index is -2.60. The van der Waals surface area contributed by atoms with Crippen LogP contribution in [0.5, 0.6) is 11.5 Å². The lowest BCUT2D eigenvalue weighted by atomic mass is 9.59. The number of aliphatic hydroxyl groups is 3. The van der Waals surface area contributed by atoms with Gasteiger partial charge in [0.2, 0.25) is 5.78 Å². The van der Waals surface area contributed by atoms with Crippen molar-refractivity contribution in [2.75, 3.05) is 14.2 Å². The smallest absolute Gasteiger partial charge is 0.255 e. The van der Waals surface area contributed by atoms with Gasteiger partial charge in [0.05, 0.1) is 26.0 Å². The minimum Gasteiger partial charge on any atom is -0.508 e. The molecule has 3 aliphatic rings. The van der Waals surface area contributed by atoms with Crippen molar-refractivity contribution in [3.05, 3.63) is 70.2 Å². The van der Waals surface area contributed by atoms with Gasteiger partial charge in [0.1, 0.15) is 28.6 Å². The fourth-order valence-corrected chi connectivity index (χ4v) is 6.07. The summed E-state index contributed by atoms with van der Waals surface area (Å²) in [5.41, 5.74) is 4.40. The van der Waals surface area contributed by atoms with Crippen LogP contribution in [0.4, 0.5) is 0 Å². The van der Waals surface area contributed by atoms with Crippen LogP contribution in [0.25, 0.3) is 23.0 Å². The van der Waals surface area contributed by atoms with Crippen LogP contribution in [0, 0.1) is 11.8 Å². The number of Topliss-reactive ketones (excluding diaryl/α,β-unsaturated/α-hetero) is 2. The topological polar surface area (TPSA) is 177 Å².